The maximum atomic E-state index is 11.5. The Morgan fingerprint density at radius 3 is 2.71 bits per heavy atom. The molecule has 160 valence electrons. The molecule has 5 rings (SSSR count). The minimum absolute atomic E-state index is 0.0750. The Bertz CT molecular complexity index is 1250. The Morgan fingerprint density at radius 2 is 2.00 bits per heavy atom. The zero-order chi connectivity index (χ0) is 21.4. The van der Waals surface area contributed by atoms with Crippen molar-refractivity contribution >= 4 is 16.7 Å². The molecular weight excluding hydrogens is 396 g/mol. The number of ether oxygens (including phenoxy) is 1. The average molecular weight is 420 g/mol. The Balaban J connectivity index is 1.39. The smallest absolute Gasteiger partial charge is 0.266 e. The fraction of sp³-hybridized carbons (Fsp3) is 0.381. The Morgan fingerprint density at radius 1 is 1.16 bits per heavy atom. The monoisotopic (exact) mass is 420 g/mol. The van der Waals surface area contributed by atoms with Crippen LogP contribution in [0.25, 0.3) is 22.2 Å². The van der Waals surface area contributed by atoms with E-state index in [1.165, 1.54) is 10.7 Å². The number of pyridine rings is 1. The number of hydrogen-bond donors (Lipinski definition) is 2. The maximum absolute atomic E-state index is 11.5. The van der Waals surface area contributed by atoms with E-state index in [0.717, 1.165) is 53.7 Å². The normalized spacial score (nSPS) is 18.9. The third-order valence-corrected chi connectivity index (χ3v) is 5.83. The van der Waals surface area contributed by atoms with Crippen LogP contribution in [0.3, 0.4) is 0 Å². The van der Waals surface area contributed by atoms with Gasteiger partial charge in [0.1, 0.15) is 17.6 Å². The van der Waals surface area contributed by atoms with Crippen LogP contribution in [0.4, 0.5) is 5.82 Å². The summed E-state index contributed by atoms with van der Waals surface area (Å²) >= 11 is 0. The number of nitrogens with zero attached hydrogens (tertiary/aromatic N) is 6. The van der Waals surface area contributed by atoms with E-state index in [-0.39, 0.29) is 17.7 Å². The first kappa shape index (κ1) is 19.3. The molecule has 0 aromatic carbocycles. The van der Waals surface area contributed by atoms with Gasteiger partial charge in [-0.2, -0.15) is 10.2 Å². The minimum atomic E-state index is -0.148. The van der Waals surface area contributed by atoms with Gasteiger partial charge in [0.25, 0.3) is 5.56 Å². The fourth-order valence-electron chi connectivity index (χ4n) is 4.16. The molecule has 0 aliphatic heterocycles. The topological polar surface area (TPSA) is 116 Å². The van der Waals surface area contributed by atoms with E-state index in [1.54, 1.807) is 19.3 Å². The van der Waals surface area contributed by atoms with Gasteiger partial charge >= 0.3 is 0 Å². The summed E-state index contributed by atoms with van der Waals surface area (Å²) in [6.07, 6.45) is 9.23. The van der Waals surface area contributed by atoms with Gasteiger partial charge in [0.2, 0.25) is 5.88 Å². The lowest BCUT2D eigenvalue weighted by atomic mass is 9.93. The number of rotatable bonds is 5. The van der Waals surface area contributed by atoms with Crippen LogP contribution in [0.2, 0.25) is 0 Å². The summed E-state index contributed by atoms with van der Waals surface area (Å²) in [5, 5.41) is 20.2. The van der Waals surface area contributed by atoms with Crippen LogP contribution < -0.4 is 15.6 Å². The highest BCUT2D eigenvalue weighted by Crippen LogP contribution is 2.36. The second-order valence-electron chi connectivity index (χ2n) is 7.80. The SMILES string of the molecule is CNc1cc2c(cn1)c(-c1cn[nH]c1)nn2C1CCC(Oc2ccc(=O)n(C)n2)CC1. The number of fused-ring (bicyclic) bond motifs is 1. The summed E-state index contributed by atoms with van der Waals surface area (Å²) < 4.78 is 9.45. The zero-order valence-electron chi connectivity index (χ0n) is 17.4. The zero-order valence-corrected chi connectivity index (χ0v) is 17.4. The third kappa shape index (κ3) is 3.65. The van der Waals surface area contributed by atoms with Crippen LogP contribution in [-0.2, 0) is 7.05 Å². The van der Waals surface area contributed by atoms with Crippen molar-refractivity contribution in [3.05, 3.63) is 47.1 Å². The van der Waals surface area contributed by atoms with Crippen molar-refractivity contribution in [2.45, 2.75) is 37.8 Å². The van der Waals surface area contributed by atoms with Crippen LogP contribution in [0, 0.1) is 0 Å². The molecular formula is C21H24N8O2. The molecule has 2 N–H and O–H groups in total. The molecule has 4 heterocycles. The molecule has 31 heavy (non-hydrogen) atoms. The second kappa shape index (κ2) is 7.86. The van der Waals surface area contributed by atoms with Gasteiger partial charge in [0.05, 0.1) is 17.8 Å². The molecule has 0 spiro atoms. The van der Waals surface area contributed by atoms with Crippen molar-refractivity contribution in [3.8, 4) is 17.1 Å². The van der Waals surface area contributed by atoms with Crippen molar-refractivity contribution < 1.29 is 4.74 Å². The third-order valence-electron chi connectivity index (χ3n) is 5.83. The molecule has 4 aromatic rings. The standard InChI is InChI=1S/C21H24N8O2/c1-22-18-9-17-16(12-23-18)21(13-10-24-25-11-13)27-29(17)14-3-5-15(6-4-14)31-19-7-8-20(30)28(2)26-19/h7-12,14-15H,3-6H2,1-2H3,(H,22,23)(H,24,25). The number of aromatic nitrogens is 7. The lowest BCUT2D eigenvalue weighted by Crippen LogP contribution is -2.27. The Hall–Kier alpha value is -3.69. The molecule has 10 heteroatoms. The van der Waals surface area contributed by atoms with Gasteiger partial charge in [0, 0.05) is 55.6 Å². The van der Waals surface area contributed by atoms with E-state index in [1.807, 2.05) is 25.5 Å². The predicted octanol–water partition coefficient (Wildman–Crippen LogP) is 2.52. The van der Waals surface area contributed by atoms with Crippen LogP contribution in [0.1, 0.15) is 31.7 Å². The largest absolute Gasteiger partial charge is 0.473 e. The molecule has 4 aromatic heterocycles. The number of hydrogen-bond acceptors (Lipinski definition) is 7. The molecule has 1 aliphatic rings. The molecule has 1 aliphatic carbocycles. The van der Waals surface area contributed by atoms with Crippen LogP contribution >= 0.6 is 0 Å². The number of aryl methyl sites for hydroxylation is 1. The molecule has 0 atom stereocenters. The van der Waals surface area contributed by atoms with E-state index in [4.69, 9.17) is 9.84 Å². The van der Waals surface area contributed by atoms with Gasteiger partial charge in [-0.15, -0.1) is 5.10 Å². The van der Waals surface area contributed by atoms with E-state index in [0.29, 0.717) is 5.88 Å². The van der Waals surface area contributed by atoms with Gasteiger partial charge in [-0.25, -0.2) is 9.67 Å². The van der Waals surface area contributed by atoms with Crippen LogP contribution in [0.15, 0.2) is 41.6 Å². The van der Waals surface area contributed by atoms with Crippen molar-refractivity contribution in [2.24, 2.45) is 7.05 Å². The first-order valence-electron chi connectivity index (χ1n) is 10.4. The molecule has 1 fully saturated rings. The quantitative estimate of drug-likeness (QED) is 0.510. The predicted molar refractivity (Wildman–Crippen MR) is 116 cm³/mol. The summed E-state index contributed by atoms with van der Waals surface area (Å²) in [5.41, 5.74) is 2.73. The van der Waals surface area contributed by atoms with Gasteiger partial charge in [-0.3, -0.25) is 14.6 Å². The van der Waals surface area contributed by atoms with E-state index in [2.05, 4.69) is 30.3 Å². The van der Waals surface area contributed by atoms with Crippen LogP contribution in [0.5, 0.6) is 5.88 Å². The lowest BCUT2D eigenvalue weighted by Gasteiger charge is -2.29. The number of H-pyrrole nitrogens is 1. The first-order chi connectivity index (χ1) is 15.1. The van der Waals surface area contributed by atoms with Gasteiger partial charge in [-0.1, -0.05) is 0 Å². The van der Waals surface area contributed by atoms with Crippen molar-refractivity contribution in [1.29, 1.82) is 0 Å². The molecule has 0 saturated heterocycles. The molecule has 10 nitrogen and oxygen atoms in total. The molecule has 0 bridgehead atoms. The fourth-order valence-corrected chi connectivity index (χ4v) is 4.16. The Labute approximate surface area is 178 Å². The highest BCUT2D eigenvalue weighted by atomic mass is 16.5. The second-order valence-corrected chi connectivity index (χ2v) is 7.80. The first-order valence-corrected chi connectivity index (χ1v) is 10.4. The summed E-state index contributed by atoms with van der Waals surface area (Å²) in [6.45, 7) is 0. The number of anilines is 1. The molecule has 0 unspecified atom stereocenters. The molecule has 0 amide bonds. The van der Waals surface area contributed by atoms with Gasteiger partial charge in [-0.05, 0) is 25.7 Å². The average Bonchev–Trinajstić information content (AvgIpc) is 3.44. The number of aromatic amines is 1. The summed E-state index contributed by atoms with van der Waals surface area (Å²) in [4.78, 5) is 16.0. The molecule has 1 saturated carbocycles. The summed E-state index contributed by atoms with van der Waals surface area (Å²) in [7, 11) is 3.49. The summed E-state index contributed by atoms with van der Waals surface area (Å²) in [5.74, 6) is 1.30. The highest BCUT2D eigenvalue weighted by molar-refractivity contribution is 5.93. The van der Waals surface area contributed by atoms with Crippen LogP contribution in [-0.4, -0.2) is 47.9 Å². The Kier molecular flexibility index (Phi) is 4.89. The van der Waals surface area contributed by atoms with Gasteiger partial charge < -0.3 is 10.1 Å². The summed E-state index contributed by atoms with van der Waals surface area (Å²) in [6, 6.07) is 5.43. The van der Waals surface area contributed by atoms with E-state index >= 15 is 0 Å². The van der Waals surface area contributed by atoms with E-state index in [9.17, 15) is 4.79 Å². The van der Waals surface area contributed by atoms with Crippen molar-refractivity contribution in [1.82, 2.24) is 34.7 Å². The minimum Gasteiger partial charge on any atom is -0.473 e. The number of nitrogens with one attached hydrogen (secondary N) is 2. The molecule has 0 radical (unpaired) electrons. The maximum Gasteiger partial charge on any atom is 0.266 e. The lowest BCUT2D eigenvalue weighted by molar-refractivity contribution is 0.123. The van der Waals surface area contributed by atoms with Crippen molar-refractivity contribution in [2.75, 3.05) is 12.4 Å². The van der Waals surface area contributed by atoms with Crippen molar-refractivity contribution in [3.63, 3.8) is 0 Å². The highest BCUT2D eigenvalue weighted by Gasteiger charge is 2.27. The van der Waals surface area contributed by atoms with E-state index < -0.39 is 0 Å². The van der Waals surface area contributed by atoms with Gasteiger partial charge in [0.15, 0.2) is 0 Å².